The van der Waals surface area contributed by atoms with Gasteiger partial charge in [0.25, 0.3) is 0 Å². The van der Waals surface area contributed by atoms with E-state index in [0.717, 1.165) is 21.2 Å². The number of benzene rings is 3. The average Bonchev–Trinajstić information content (AvgIpc) is 3.27. The number of rotatable bonds is 9. The first kappa shape index (κ1) is 24.3. The molecule has 0 aliphatic carbocycles. The van der Waals surface area contributed by atoms with E-state index in [-0.39, 0.29) is 5.76 Å². The van der Waals surface area contributed by atoms with Gasteiger partial charge in [-0.1, -0.05) is 29.8 Å². The number of ether oxygens (including phenoxy) is 3. The number of fused-ring (bicyclic) bond motifs is 1. The SMILES string of the molecule is CCOc1ccc2oc(C(=O)N/N=C/c3cc(OC)c(OCc4cccc(C)c4)cc3Br)cc2c1. The van der Waals surface area contributed by atoms with E-state index in [2.05, 4.69) is 32.5 Å². The Hall–Kier alpha value is -3.78. The van der Waals surface area contributed by atoms with Crippen LogP contribution in [0, 0.1) is 6.92 Å². The van der Waals surface area contributed by atoms with Crippen molar-refractivity contribution in [3.05, 3.63) is 87.6 Å². The van der Waals surface area contributed by atoms with Crippen LogP contribution in [0.4, 0.5) is 0 Å². The van der Waals surface area contributed by atoms with Gasteiger partial charge in [0.2, 0.25) is 0 Å². The lowest BCUT2D eigenvalue weighted by Gasteiger charge is -2.13. The van der Waals surface area contributed by atoms with Crippen LogP contribution < -0.4 is 19.6 Å². The summed E-state index contributed by atoms with van der Waals surface area (Å²) in [4.78, 5) is 12.5. The van der Waals surface area contributed by atoms with Crippen molar-refractivity contribution < 1.29 is 23.4 Å². The van der Waals surface area contributed by atoms with Gasteiger partial charge in [0, 0.05) is 15.4 Å². The summed E-state index contributed by atoms with van der Waals surface area (Å²) < 4.78 is 23.3. The third-order valence-electron chi connectivity index (χ3n) is 5.15. The predicted octanol–water partition coefficient (Wildman–Crippen LogP) is 6.25. The summed E-state index contributed by atoms with van der Waals surface area (Å²) in [6.45, 7) is 4.93. The second-order valence-corrected chi connectivity index (χ2v) is 8.60. The van der Waals surface area contributed by atoms with Crippen molar-refractivity contribution >= 4 is 39.0 Å². The molecule has 0 aliphatic rings. The van der Waals surface area contributed by atoms with Crippen LogP contribution in [0.3, 0.4) is 0 Å². The number of hydrogen-bond acceptors (Lipinski definition) is 6. The highest BCUT2D eigenvalue weighted by Crippen LogP contribution is 2.33. The molecule has 1 N–H and O–H groups in total. The molecule has 8 heteroatoms. The van der Waals surface area contributed by atoms with Gasteiger partial charge in [-0.25, -0.2) is 5.43 Å². The summed E-state index contributed by atoms with van der Waals surface area (Å²) in [5, 5.41) is 4.85. The number of hydrogen-bond donors (Lipinski definition) is 1. The molecule has 0 aliphatic heterocycles. The molecule has 7 nitrogen and oxygen atoms in total. The standard InChI is InChI=1S/C27H25BrN2O5/c1-4-33-21-8-9-23-19(11-21)12-26(35-23)27(31)30-29-15-20-13-24(32-3)25(14-22(20)28)34-16-18-7-5-6-17(2)10-18/h5-15H,4,16H2,1-3H3,(H,30,31)/b29-15+. The molecule has 1 aromatic heterocycles. The minimum absolute atomic E-state index is 0.155. The molecular formula is C27H25BrN2O5. The van der Waals surface area contributed by atoms with Crippen LogP contribution in [-0.2, 0) is 6.61 Å². The first-order chi connectivity index (χ1) is 17.0. The van der Waals surface area contributed by atoms with Crippen LogP contribution >= 0.6 is 15.9 Å². The van der Waals surface area contributed by atoms with Crippen molar-refractivity contribution in [3.8, 4) is 17.2 Å². The lowest BCUT2D eigenvalue weighted by molar-refractivity contribution is 0.0929. The molecule has 180 valence electrons. The number of carbonyl (C=O) groups excluding carboxylic acids is 1. The maximum absolute atomic E-state index is 12.5. The Kier molecular flexibility index (Phi) is 7.72. The summed E-state index contributed by atoms with van der Waals surface area (Å²) in [6, 6.07) is 18.8. The number of halogens is 1. The molecule has 0 radical (unpaired) electrons. The van der Waals surface area contributed by atoms with Gasteiger partial charge in [-0.15, -0.1) is 0 Å². The summed E-state index contributed by atoms with van der Waals surface area (Å²) in [6.07, 6.45) is 1.52. The molecule has 0 bridgehead atoms. The Morgan fingerprint density at radius 3 is 2.71 bits per heavy atom. The zero-order valence-electron chi connectivity index (χ0n) is 19.6. The zero-order chi connectivity index (χ0) is 24.8. The van der Waals surface area contributed by atoms with Crippen molar-refractivity contribution in [2.24, 2.45) is 5.10 Å². The Labute approximate surface area is 211 Å². The number of furan rings is 1. The average molecular weight is 537 g/mol. The van der Waals surface area contributed by atoms with Crippen molar-refractivity contribution in [2.45, 2.75) is 20.5 Å². The number of aryl methyl sites for hydroxylation is 1. The molecule has 0 fully saturated rings. The van der Waals surface area contributed by atoms with Crippen molar-refractivity contribution in [1.29, 1.82) is 0 Å². The second-order valence-electron chi connectivity index (χ2n) is 7.74. The van der Waals surface area contributed by atoms with Gasteiger partial charge in [-0.05, 0) is 71.7 Å². The molecule has 4 aromatic rings. The van der Waals surface area contributed by atoms with Crippen LogP contribution in [0.15, 0.2) is 74.7 Å². The monoisotopic (exact) mass is 536 g/mol. The number of nitrogens with zero attached hydrogens (tertiary/aromatic N) is 1. The van der Waals surface area contributed by atoms with Gasteiger partial charge >= 0.3 is 5.91 Å². The van der Waals surface area contributed by atoms with Crippen LogP contribution in [0.25, 0.3) is 11.0 Å². The quantitative estimate of drug-likeness (QED) is 0.202. The Balaban J connectivity index is 1.43. The summed E-state index contributed by atoms with van der Waals surface area (Å²) in [5.41, 5.74) is 6.03. The van der Waals surface area contributed by atoms with E-state index >= 15 is 0 Å². The van der Waals surface area contributed by atoms with Crippen LogP contribution in [0.1, 0.15) is 34.2 Å². The number of methoxy groups -OCH3 is 1. The fraction of sp³-hybridized carbons (Fsp3) is 0.185. The molecule has 0 saturated carbocycles. The Bertz CT molecular complexity index is 1380. The maximum Gasteiger partial charge on any atom is 0.307 e. The van der Waals surface area contributed by atoms with E-state index in [4.69, 9.17) is 18.6 Å². The highest BCUT2D eigenvalue weighted by atomic mass is 79.9. The highest BCUT2D eigenvalue weighted by Gasteiger charge is 2.13. The molecule has 0 atom stereocenters. The summed E-state index contributed by atoms with van der Waals surface area (Å²) in [7, 11) is 1.57. The van der Waals surface area contributed by atoms with E-state index in [0.29, 0.717) is 35.9 Å². The Morgan fingerprint density at radius 2 is 1.94 bits per heavy atom. The molecule has 35 heavy (non-hydrogen) atoms. The normalized spacial score (nSPS) is 11.1. The second kappa shape index (κ2) is 11.1. The number of nitrogens with one attached hydrogen (secondary N) is 1. The predicted molar refractivity (Wildman–Crippen MR) is 139 cm³/mol. The van der Waals surface area contributed by atoms with E-state index in [9.17, 15) is 4.79 Å². The van der Waals surface area contributed by atoms with Crippen molar-refractivity contribution in [3.63, 3.8) is 0 Å². The van der Waals surface area contributed by atoms with Crippen molar-refractivity contribution in [1.82, 2.24) is 5.43 Å². The van der Waals surface area contributed by atoms with Crippen LogP contribution in [0.5, 0.6) is 17.2 Å². The highest BCUT2D eigenvalue weighted by molar-refractivity contribution is 9.10. The van der Waals surface area contributed by atoms with E-state index < -0.39 is 5.91 Å². The third-order valence-corrected chi connectivity index (χ3v) is 5.84. The lowest BCUT2D eigenvalue weighted by Crippen LogP contribution is -2.16. The molecule has 1 amide bonds. The van der Waals surface area contributed by atoms with E-state index in [1.165, 1.54) is 11.8 Å². The fourth-order valence-corrected chi connectivity index (χ4v) is 3.92. The zero-order valence-corrected chi connectivity index (χ0v) is 21.2. The Morgan fingerprint density at radius 1 is 1.09 bits per heavy atom. The maximum atomic E-state index is 12.5. The topological polar surface area (TPSA) is 82.3 Å². The van der Waals surface area contributed by atoms with Crippen molar-refractivity contribution in [2.75, 3.05) is 13.7 Å². The van der Waals surface area contributed by atoms with Gasteiger partial charge in [0.1, 0.15) is 17.9 Å². The third kappa shape index (κ3) is 6.02. The van der Waals surface area contributed by atoms with Gasteiger partial charge in [-0.2, -0.15) is 5.10 Å². The smallest absolute Gasteiger partial charge is 0.307 e. The molecular weight excluding hydrogens is 512 g/mol. The largest absolute Gasteiger partial charge is 0.494 e. The van der Waals surface area contributed by atoms with Gasteiger partial charge in [-0.3, -0.25) is 4.79 Å². The van der Waals surface area contributed by atoms with Gasteiger partial charge in [0.15, 0.2) is 17.3 Å². The summed E-state index contributed by atoms with van der Waals surface area (Å²) >= 11 is 3.53. The fourth-order valence-electron chi connectivity index (χ4n) is 3.49. The molecule has 0 spiro atoms. The van der Waals surface area contributed by atoms with E-state index in [1.807, 2.05) is 44.2 Å². The summed E-state index contributed by atoms with van der Waals surface area (Å²) in [5.74, 6) is 1.56. The molecule has 0 saturated heterocycles. The van der Waals surface area contributed by atoms with E-state index in [1.54, 1.807) is 31.4 Å². The number of hydrazone groups is 1. The van der Waals surface area contributed by atoms with Crippen LogP contribution in [0.2, 0.25) is 0 Å². The first-order valence-corrected chi connectivity index (χ1v) is 11.8. The van der Waals surface area contributed by atoms with Gasteiger partial charge in [0.05, 0.1) is 19.9 Å². The van der Waals surface area contributed by atoms with Gasteiger partial charge < -0.3 is 18.6 Å². The molecule has 4 rings (SSSR count). The number of carbonyl (C=O) groups is 1. The molecule has 3 aromatic carbocycles. The first-order valence-electron chi connectivity index (χ1n) is 11.0. The minimum Gasteiger partial charge on any atom is -0.494 e. The van der Waals surface area contributed by atoms with Crippen LogP contribution in [-0.4, -0.2) is 25.8 Å². The lowest BCUT2D eigenvalue weighted by atomic mass is 10.1. The minimum atomic E-state index is -0.461. The molecule has 1 heterocycles. The molecule has 0 unspecified atom stereocenters. The number of amides is 1.